The van der Waals surface area contributed by atoms with E-state index in [0.29, 0.717) is 33.4 Å². The molecular formula is C24H22F2N4O2. The first-order valence-corrected chi connectivity index (χ1v) is 9.80. The summed E-state index contributed by atoms with van der Waals surface area (Å²) in [5.41, 5.74) is 7.78. The van der Waals surface area contributed by atoms with Gasteiger partial charge in [0.1, 0.15) is 23.0 Å². The van der Waals surface area contributed by atoms with Crippen LogP contribution in [0.2, 0.25) is 0 Å². The van der Waals surface area contributed by atoms with Crippen LogP contribution in [0, 0.1) is 36.8 Å². The van der Waals surface area contributed by atoms with Crippen LogP contribution >= 0.6 is 0 Å². The molecule has 1 heterocycles. The molecule has 0 bridgehead atoms. The normalized spacial score (nSPS) is 12.8. The first kappa shape index (κ1) is 22.7. The van der Waals surface area contributed by atoms with Gasteiger partial charge in [0, 0.05) is 30.6 Å². The summed E-state index contributed by atoms with van der Waals surface area (Å²) in [5.74, 6) is -2.04. The van der Waals surface area contributed by atoms with Crippen molar-refractivity contribution in [1.29, 1.82) is 5.26 Å². The van der Waals surface area contributed by atoms with Crippen LogP contribution < -0.4 is 16.5 Å². The smallest absolute Gasteiger partial charge is 0.196 e. The lowest BCUT2D eigenvalue weighted by atomic mass is 9.98. The number of anilines is 1. The monoisotopic (exact) mass is 436 g/mol. The zero-order chi connectivity index (χ0) is 23.6. The maximum absolute atomic E-state index is 14.1. The molecule has 8 heteroatoms. The molecule has 0 saturated heterocycles. The number of hydrogen-bond acceptors (Lipinski definition) is 6. The lowest BCUT2D eigenvalue weighted by molar-refractivity contribution is 0.506. The maximum atomic E-state index is 14.1. The molecule has 0 aliphatic rings. The zero-order valence-electron chi connectivity index (χ0n) is 18.1. The van der Waals surface area contributed by atoms with Crippen molar-refractivity contribution >= 4 is 28.4 Å². The molecule has 0 aliphatic heterocycles. The van der Waals surface area contributed by atoms with E-state index in [9.17, 15) is 18.8 Å². The summed E-state index contributed by atoms with van der Waals surface area (Å²) in [5, 5.41) is 12.7. The number of aliphatic imine (C=N–C) groups is 1. The molecular weight excluding hydrogens is 414 g/mol. The zero-order valence-corrected chi connectivity index (χ0v) is 18.1. The number of nitrogens with two attached hydrogens (primary N) is 1. The Hall–Kier alpha value is -3.99. The Morgan fingerprint density at radius 3 is 2.66 bits per heavy atom. The largest absolute Gasteiger partial charge is 0.455 e. The minimum Gasteiger partial charge on any atom is -0.455 e. The summed E-state index contributed by atoms with van der Waals surface area (Å²) in [4.78, 5) is 17.1. The van der Waals surface area contributed by atoms with Crippen LogP contribution in [0.25, 0.3) is 16.5 Å². The molecule has 0 aliphatic carbocycles. The Labute approximate surface area is 183 Å². The van der Waals surface area contributed by atoms with Gasteiger partial charge in [-0.15, -0.1) is 0 Å². The molecule has 3 rings (SSSR count). The second-order valence-electron chi connectivity index (χ2n) is 7.39. The topological polar surface area (TPSA) is 104 Å². The number of allylic oxidation sites excluding steroid dienone is 1. The number of halogens is 2. The molecule has 2 aromatic carbocycles. The Bertz CT molecular complexity index is 1370. The van der Waals surface area contributed by atoms with Crippen LogP contribution in [0.5, 0.6) is 0 Å². The summed E-state index contributed by atoms with van der Waals surface area (Å²) >= 11 is 0. The Morgan fingerprint density at radius 2 is 2.03 bits per heavy atom. The molecule has 1 aromatic heterocycles. The van der Waals surface area contributed by atoms with E-state index in [-0.39, 0.29) is 11.1 Å². The summed E-state index contributed by atoms with van der Waals surface area (Å²) in [6.45, 7) is 5.26. The van der Waals surface area contributed by atoms with Gasteiger partial charge in [-0.2, -0.15) is 5.26 Å². The number of nitriles is 1. The first-order chi connectivity index (χ1) is 15.2. The first-order valence-electron chi connectivity index (χ1n) is 9.80. The van der Waals surface area contributed by atoms with Gasteiger partial charge in [0.05, 0.1) is 22.7 Å². The predicted octanol–water partition coefficient (Wildman–Crippen LogP) is 4.73. The van der Waals surface area contributed by atoms with Crippen LogP contribution in [0.3, 0.4) is 0 Å². The van der Waals surface area contributed by atoms with Crippen molar-refractivity contribution in [1.82, 2.24) is 0 Å². The predicted molar refractivity (Wildman–Crippen MR) is 122 cm³/mol. The molecule has 0 fully saturated rings. The van der Waals surface area contributed by atoms with Gasteiger partial charge in [-0.25, -0.2) is 8.78 Å². The number of fused-ring (bicyclic) bond motifs is 1. The average Bonchev–Trinajstić information content (AvgIpc) is 2.77. The van der Waals surface area contributed by atoms with Crippen LogP contribution in [0.4, 0.5) is 14.5 Å². The number of aryl methyl sites for hydroxylation is 1. The Kier molecular flexibility index (Phi) is 6.40. The number of nitrogens with zero attached hydrogens (tertiary/aromatic N) is 2. The van der Waals surface area contributed by atoms with Crippen molar-refractivity contribution in [3.05, 3.63) is 80.3 Å². The number of rotatable bonds is 5. The molecule has 0 saturated carbocycles. The third-order valence-electron chi connectivity index (χ3n) is 5.15. The van der Waals surface area contributed by atoms with Gasteiger partial charge in [-0.1, -0.05) is 6.07 Å². The molecule has 32 heavy (non-hydrogen) atoms. The molecule has 1 unspecified atom stereocenters. The van der Waals surface area contributed by atoms with E-state index in [2.05, 4.69) is 10.3 Å². The second kappa shape index (κ2) is 9.02. The quantitative estimate of drug-likeness (QED) is 0.563. The Morgan fingerprint density at radius 1 is 1.31 bits per heavy atom. The number of benzene rings is 2. The second-order valence-corrected chi connectivity index (χ2v) is 7.39. The van der Waals surface area contributed by atoms with Crippen LogP contribution in [0.1, 0.15) is 41.0 Å². The fourth-order valence-electron chi connectivity index (χ4n) is 3.57. The third kappa shape index (κ3) is 3.97. The highest BCUT2D eigenvalue weighted by Crippen LogP contribution is 2.31. The molecule has 0 spiro atoms. The summed E-state index contributed by atoms with van der Waals surface area (Å²) in [7, 11) is 1.58. The van der Waals surface area contributed by atoms with E-state index in [1.807, 2.05) is 13.0 Å². The summed E-state index contributed by atoms with van der Waals surface area (Å²) < 4.78 is 33.7. The van der Waals surface area contributed by atoms with E-state index < -0.39 is 23.2 Å². The highest BCUT2D eigenvalue weighted by Gasteiger charge is 2.21. The van der Waals surface area contributed by atoms with E-state index in [1.54, 1.807) is 33.0 Å². The van der Waals surface area contributed by atoms with Gasteiger partial charge in [0.15, 0.2) is 17.1 Å². The van der Waals surface area contributed by atoms with Gasteiger partial charge in [-0.3, -0.25) is 9.79 Å². The van der Waals surface area contributed by atoms with Gasteiger partial charge < -0.3 is 15.5 Å². The fourth-order valence-corrected chi connectivity index (χ4v) is 3.57. The highest BCUT2D eigenvalue weighted by atomic mass is 19.2. The van der Waals surface area contributed by atoms with E-state index in [4.69, 9.17) is 10.2 Å². The average molecular weight is 436 g/mol. The lowest BCUT2D eigenvalue weighted by Crippen LogP contribution is -2.14. The van der Waals surface area contributed by atoms with E-state index in [1.165, 1.54) is 18.5 Å². The van der Waals surface area contributed by atoms with Crippen LogP contribution in [0.15, 0.2) is 44.7 Å². The highest BCUT2D eigenvalue weighted by molar-refractivity contribution is 6.09. The minimum atomic E-state index is -1.22. The van der Waals surface area contributed by atoms with Crippen LogP contribution in [-0.2, 0) is 0 Å². The molecule has 6 nitrogen and oxygen atoms in total. The SMILES string of the molecule is CN=C/C(=C\N)c1oc2c(C(C)Nc3ccc(F)c(F)c3C#N)cc(C)cc2c(=O)c1C. The lowest BCUT2D eigenvalue weighted by Gasteiger charge is -2.19. The summed E-state index contributed by atoms with van der Waals surface area (Å²) in [6, 6.07) is 6.97. The van der Waals surface area contributed by atoms with Crippen molar-refractivity contribution in [3.8, 4) is 6.07 Å². The van der Waals surface area contributed by atoms with Crippen molar-refractivity contribution < 1.29 is 13.2 Å². The molecule has 1 atom stereocenters. The van der Waals surface area contributed by atoms with Gasteiger partial charge in [0.25, 0.3) is 0 Å². The number of hydrogen-bond donors (Lipinski definition) is 2. The van der Waals surface area contributed by atoms with Gasteiger partial charge >= 0.3 is 0 Å². The minimum absolute atomic E-state index is 0.129. The fraction of sp³-hybridized carbons (Fsp3) is 0.208. The van der Waals surface area contributed by atoms with Crippen molar-refractivity contribution in [3.63, 3.8) is 0 Å². The number of nitrogens with one attached hydrogen (secondary N) is 1. The molecule has 3 aromatic rings. The standard InChI is InChI=1S/C24H22F2N4O2/c1-12-7-16(14(3)30-20-6-5-19(25)21(26)18(20)10-28)24-17(8-12)22(31)13(2)23(32-24)15(9-27)11-29-4/h5-9,11,14,30H,27H2,1-4H3/b15-9+,29-11?. The maximum Gasteiger partial charge on any atom is 0.196 e. The molecule has 164 valence electrons. The van der Waals surface area contributed by atoms with Crippen LogP contribution in [-0.4, -0.2) is 13.3 Å². The van der Waals surface area contributed by atoms with E-state index >= 15 is 0 Å². The van der Waals surface area contributed by atoms with Crippen molar-refractivity contribution in [2.45, 2.75) is 26.8 Å². The van der Waals surface area contributed by atoms with Crippen molar-refractivity contribution in [2.24, 2.45) is 10.7 Å². The Balaban J connectivity index is 2.23. The molecule has 0 radical (unpaired) electrons. The van der Waals surface area contributed by atoms with E-state index in [0.717, 1.165) is 11.6 Å². The summed E-state index contributed by atoms with van der Waals surface area (Å²) in [6.07, 6.45) is 2.80. The molecule has 0 amide bonds. The van der Waals surface area contributed by atoms with Crippen molar-refractivity contribution in [2.75, 3.05) is 12.4 Å². The third-order valence-corrected chi connectivity index (χ3v) is 5.15. The van der Waals surface area contributed by atoms with Gasteiger partial charge in [-0.05, 0) is 44.5 Å². The van der Waals surface area contributed by atoms with Gasteiger partial charge in [0.2, 0.25) is 0 Å². The molecule has 3 N–H and O–H groups in total.